The monoisotopic (exact) mass is 320 g/mol. The molecule has 0 radical (unpaired) electrons. The number of halogens is 1. The highest BCUT2D eigenvalue weighted by atomic mass is 79.9. The summed E-state index contributed by atoms with van der Waals surface area (Å²) in [6.07, 6.45) is 3.33. The molecule has 0 spiro atoms. The number of rotatable bonds is 1. The van der Waals surface area contributed by atoms with E-state index in [1.165, 1.54) is 23.2 Å². The van der Waals surface area contributed by atoms with Crippen LogP contribution in [0.15, 0.2) is 22.7 Å². The lowest BCUT2D eigenvalue weighted by atomic mass is 10.1. The molecule has 0 bridgehead atoms. The molecule has 92 valence electrons. The van der Waals surface area contributed by atoms with Crippen molar-refractivity contribution in [3.8, 4) is 11.4 Å². The molecule has 1 heterocycles. The minimum atomic E-state index is 0.763. The van der Waals surface area contributed by atoms with Gasteiger partial charge in [0.25, 0.3) is 0 Å². The van der Waals surface area contributed by atoms with Gasteiger partial charge in [-0.2, -0.15) is 0 Å². The Hall–Kier alpha value is -1.00. The minimum Gasteiger partial charge on any atom is -0.343 e. The summed E-state index contributed by atoms with van der Waals surface area (Å²) in [5, 5.41) is 0. The van der Waals surface area contributed by atoms with Gasteiger partial charge in [-0.3, -0.25) is 0 Å². The zero-order valence-electron chi connectivity index (χ0n) is 10.1. The van der Waals surface area contributed by atoms with E-state index >= 15 is 0 Å². The molecule has 1 aromatic heterocycles. The Bertz CT molecular complexity index is 676. The minimum absolute atomic E-state index is 0.763. The molecule has 1 aliphatic carbocycles. The third kappa shape index (κ3) is 2.04. The van der Waals surface area contributed by atoms with E-state index in [1.807, 2.05) is 6.07 Å². The molecule has 4 heteroatoms. The third-order valence-electron chi connectivity index (χ3n) is 3.40. The summed E-state index contributed by atoms with van der Waals surface area (Å²) in [5.41, 5.74) is 4.83. The average molecular weight is 321 g/mol. The molecule has 2 nitrogen and oxygen atoms in total. The summed E-state index contributed by atoms with van der Waals surface area (Å²) in [7, 11) is 0. The summed E-state index contributed by atoms with van der Waals surface area (Å²) in [6.45, 7) is 2.09. The molecule has 0 fully saturated rings. The van der Waals surface area contributed by atoms with Crippen LogP contribution in [0.5, 0.6) is 0 Å². The van der Waals surface area contributed by atoms with Crippen molar-refractivity contribution in [3.63, 3.8) is 0 Å². The van der Waals surface area contributed by atoms with E-state index in [0.29, 0.717) is 0 Å². The molecule has 3 rings (SSSR count). The number of hydrogen-bond donors (Lipinski definition) is 1. The van der Waals surface area contributed by atoms with Crippen LogP contribution in [-0.2, 0) is 12.8 Å². The molecule has 0 saturated carbocycles. The first-order valence-electron chi connectivity index (χ1n) is 6.04. The molecule has 0 amide bonds. The number of nitrogens with zero attached hydrogens (tertiary/aromatic N) is 1. The van der Waals surface area contributed by atoms with Crippen LogP contribution in [0, 0.1) is 11.6 Å². The number of nitrogens with one attached hydrogen (secondary N) is 1. The van der Waals surface area contributed by atoms with Gasteiger partial charge >= 0.3 is 0 Å². The Labute approximate surface area is 120 Å². The zero-order chi connectivity index (χ0) is 12.7. The van der Waals surface area contributed by atoms with Gasteiger partial charge in [-0.1, -0.05) is 28.1 Å². The lowest BCUT2D eigenvalue weighted by Gasteiger charge is -2.08. The summed E-state index contributed by atoms with van der Waals surface area (Å²) < 4.78 is 1.85. The lowest BCUT2D eigenvalue weighted by molar-refractivity contribution is 0.899. The summed E-state index contributed by atoms with van der Waals surface area (Å²) >= 11 is 8.88. The van der Waals surface area contributed by atoms with Crippen LogP contribution in [0.2, 0.25) is 0 Å². The first kappa shape index (κ1) is 12.1. The second kappa shape index (κ2) is 4.59. The van der Waals surface area contributed by atoms with E-state index in [4.69, 9.17) is 12.2 Å². The van der Waals surface area contributed by atoms with Gasteiger partial charge in [0.05, 0.1) is 0 Å². The Morgan fingerprint density at radius 3 is 2.94 bits per heavy atom. The summed E-state index contributed by atoms with van der Waals surface area (Å²) in [5.74, 6) is 0.894. The lowest BCUT2D eigenvalue weighted by Crippen LogP contribution is -1.98. The van der Waals surface area contributed by atoms with E-state index in [0.717, 1.165) is 33.3 Å². The van der Waals surface area contributed by atoms with Crippen molar-refractivity contribution < 1.29 is 0 Å². The van der Waals surface area contributed by atoms with Gasteiger partial charge in [0, 0.05) is 21.3 Å². The van der Waals surface area contributed by atoms with Crippen molar-refractivity contribution in [1.82, 2.24) is 9.97 Å². The molecule has 1 N–H and O–H groups in total. The zero-order valence-corrected chi connectivity index (χ0v) is 12.5. The first-order valence-corrected chi connectivity index (χ1v) is 7.24. The molecule has 1 aromatic carbocycles. The number of fused-ring (bicyclic) bond motifs is 1. The van der Waals surface area contributed by atoms with Gasteiger partial charge < -0.3 is 4.98 Å². The molecule has 0 unspecified atom stereocenters. The Kier molecular flexibility index (Phi) is 3.08. The van der Waals surface area contributed by atoms with Gasteiger partial charge in [0.1, 0.15) is 10.5 Å². The average Bonchev–Trinajstić information content (AvgIpc) is 2.77. The van der Waals surface area contributed by atoms with E-state index < -0.39 is 0 Å². The standard InChI is InChI=1S/C14H13BrN2S/c1-8-7-9(15)5-6-10(8)13-16-12-4-2-3-11(12)14(18)17-13/h5-7H,2-4H2,1H3,(H,16,17,18). The Balaban J connectivity index is 2.18. The van der Waals surface area contributed by atoms with Crippen LogP contribution in [-0.4, -0.2) is 9.97 Å². The quantitative estimate of drug-likeness (QED) is 0.790. The number of aryl methyl sites for hydroxylation is 2. The van der Waals surface area contributed by atoms with Gasteiger partial charge in [-0.25, -0.2) is 4.98 Å². The van der Waals surface area contributed by atoms with E-state index in [-0.39, 0.29) is 0 Å². The van der Waals surface area contributed by atoms with E-state index in [9.17, 15) is 0 Å². The normalized spacial score (nSPS) is 13.7. The molecule has 2 aromatic rings. The van der Waals surface area contributed by atoms with Crippen molar-refractivity contribution in [1.29, 1.82) is 0 Å². The van der Waals surface area contributed by atoms with Crippen molar-refractivity contribution >= 4 is 28.1 Å². The fourth-order valence-electron chi connectivity index (χ4n) is 2.48. The second-order valence-corrected chi connectivity index (χ2v) is 5.96. The molecular weight excluding hydrogens is 308 g/mol. The van der Waals surface area contributed by atoms with Gasteiger partial charge in [0.2, 0.25) is 0 Å². The van der Waals surface area contributed by atoms with Crippen molar-refractivity contribution in [3.05, 3.63) is 44.1 Å². The first-order chi connectivity index (χ1) is 8.65. The maximum absolute atomic E-state index is 5.39. The van der Waals surface area contributed by atoms with E-state index in [1.54, 1.807) is 0 Å². The highest BCUT2D eigenvalue weighted by Gasteiger charge is 2.16. The maximum atomic E-state index is 5.39. The Morgan fingerprint density at radius 1 is 1.33 bits per heavy atom. The molecular formula is C14H13BrN2S. The Morgan fingerprint density at radius 2 is 2.17 bits per heavy atom. The fourth-order valence-corrected chi connectivity index (χ4v) is 3.27. The molecule has 18 heavy (non-hydrogen) atoms. The number of hydrogen-bond acceptors (Lipinski definition) is 2. The predicted molar refractivity (Wildman–Crippen MR) is 79.3 cm³/mol. The number of benzene rings is 1. The summed E-state index contributed by atoms with van der Waals surface area (Å²) in [6, 6.07) is 6.21. The van der Waals surface area contributed by atoms with Crippen LogP contribution in [0.4, 0.5) is 0 Å². The van der Waals surface area contributed by atoms with Crippen LogP contribution >= 0.6 is 28.1 Å². The largest absolute Gasteiger partial charge is 0.343 e. The molecule has 0 saturated heterocycles. The fraction of sp³-hybridized carbons (Fsp3) is 0.286. The van der Waals surface area contributed by atoms with Gasteiger partial charge in [-0.05, 0) is 49.9 Å². The second-order valence-electron chi connectivity index (χ2n) is 4.66. The summed E-state index contributed by atoms with van der Waals surface area (Å²) in [4.78, 5) is 8.00. The predicted octanol–water partition coefficient (Wildman–Crippen LogP) is 4.37. The van der Waals surface area contributed by atoms with Crippen LogP contribution < -0.4 is 0 Å². The number of aromatic nitrogens is 2. The van der Waals surface area contributed by atoms with Crippen LogP contribution in [0.25, 0.3) is 11.4 Å². The highest BCUT2D eigenvalue weighted by Crippen LogP contribution is 2.27. The van der Waals surface area contributed by atoms with Crippen LogP contribution in [0.3, 0.4) is 0 Å². The van der Waals surface area contributed by atoms with Crippen molar-refractivity contribution in [2.75, 3.05) is 0 Å². The molecule has 0 aliphatic heterocycles. The number of aromatic amines is 1. The highest BCUT2D eigenvalue weighted by molar-refractivity contribution is 9.10. The van der Waals surface area contributed by atoms with Crippen molar-refractivity contribution in [2.24, 2.45) is 0 Å². The maximum Gasteiger partial charge on any atom is 0.139 e. The van der Waals surface area contributed by atoms with E-state index in [2.05, 4.69) is 45.0 Å². The molecule has 1 aliphatic rings. The smallest absolute Gasteiger partial charge is 0.139 e. The van der Waals surface area contributed by atoms with Crippen molar-refractivity contribution in [2.45, 2.75) is 26.2 Å². The number of H-pyrrole nitrogens is 1. The SMILES string of the molecule is Cc1cc(Br)ccc1-c1nc(=S)c2c([nH]1)CCC2. The third-order valence-corrected chi connectivity index (χ3v) is 4.23. The topological polar surface area (TPSA) is 28.7 Å². The van der Waals surface area contributed by atoms with Gasteiger partial charge in [-0.15, -0.1) is 0 Å². The van der Waals surface area contributed by atoms with Gasteiger partial charge in [0.15, 0.2) is 0 Å². The van der Waals surface area contributed by atoms with Crippen LogP contribution in [0.1, 0.15) is 23.2 Å². The molecule has 0 atom stereocenters.